The highest BCUT2D eigenvalue weighted by molar-refractivity contribution is 5.80. The van der Waals surface area contributed by atoms with E-state index in [4.69, 9.17) is 0 Å². The molecule has 2 heterocycles. The zero-order valence-corrected chi connectivity index (χ0v) is 12.8. The number of nitrogens with one attached hydrogen (secondary N) is 2. The number of benzene rings is 1. The van der Waals surface area contributed by atoms with Crippen LogP contribution in [0.3, 0.4) is 0 Å². The summed E-state index contributed by atoms with van der Waals surface area (Å²) in [6, 6.07) is 7.71. The number of aromatic nitrogens is 2. The molecule has 6 nitrogen and oxygen atoms in total. The minimum atomic E-state index is -0.226. The minimum Gasteiger partial charge on any atom is -0.337 e. The number of hydrogen-bond donors (Lipinski definition) is 2. The number of carbonyl (C=O) groups excluding carboxylic acids is 1. The standard InChI is InChI=1S/C16H22N4O2/c1-2-9-19(12-7-8-17-10-12)15(21)11-20-14-6-4-3-5-13(14)18-16(20)22/h3-6,12,17H,2,7-11H2,1H3,(H,18,22). The Morgan fingerprint density at radius 1 is 1.41 bits per heavy atom. The predicted molar refractivity (Wildman–Crippen MR) is 85.8 cm³/mol. The second kappa shape index (κ2) is 6.36. The number of carbonyl (C=O) groups is 1. The molecule has 1 aliphatic rings. The van der Waals surface area contributed by atoms with E-state index in [2.05, 4.69) is 17.2 Å². The fraction of sp³-hybridized carbons (Fsp3) is 0.500. The molecule has 0 radical (unpaired) electrons. The number of imidazole rings is 1. The van der Waals surface area contributed by atoms with E-state index in [1.807, 2.05) is 29.2 Å². The molecular formula is C16H22N4O2. The van der Waals surface area contributed by atoms with E-state index in [0.717, 1.165) is 43.5 Å². The Labute approximate surface area is 129 Å². The fourth-order valence-electron chi connectivity index (χ4n) is 3.15. The summed E-state index contributed by atoms with van der Waals surface area (Å²) in [5.74, 6) is 0.0161. The third kappa shape index (κ3) is 2.78. The highest BCUT2D eigenvalue weighted by Crippen LogP contribution is 2.13. The molecular weight excluding hydrogens is 280 g/mol. The maximum Gasteiger partial charge on any atom is 0.326 e. The average Bonchev–Trinajstić information content (AvgIpc) is 3.14. The largest absolute Gasteiger partial charge is 0.337 e. The van der Waals surface area contributed by atoms with Gasteiger partial charge in [0.05, 0.1) is 11.0 Å². The number of fused-ring (bicyclic) bond motifs is 1. The summed E-state index contributed by atoms with van der Waals surface area (Å²) in [5.41, 5.74) is 1.32. The summed E-state index contributed by atoms with van der Waals surface area (Å²) < 4.78 is 1.53. The van der Waals surface area contributed by atoms with Gasteiger partial charge in [-0.05, 0) is 31.5 Å². The number of aromatic amines is 1. The number of H-pyrrole nitrogens is 1. The lowest BCUT2D eigenvalue weighted by Gasteiger charge is -2.28. The Kier molecular flexibility index (Phi) is 4.29. The van der Waals surface area contributed by atoms with Crippen LogP contribution in [0.4, 0.5) is 0 Å². The molecule has 3 rings (SSSR count). The molecule has 1 fully saturated rings. The summed E-state index contributed by atoms with van der Waals surface area (Å²) in [5, 5.41) is 3.30. The summed E-state index contributed by atoms with van der Waals surface area (Å²) in [7, 11) is 0. The molecule has 6 heteroatoms. The molecule has 22 heavy (non-hydrogen) atoms. The van der Waals surface area contributed by atoms with Crippen LogP contribution in [0.2, 0.25) is 0 Å². The Morgan fingerprint density at radius 3 is 2.95 bits per heavy atom. The van der Waals surface area contributed by atoms with Crippen molar-refractivity contribution in [2.75, 3.05) is 19.6 Å². The lowest BCUT2D eigenvalue weighted by molar-refractivity contribution is -0.133. The van der Waals surface area contributed by atoms with Crippen LogP contribution in [0.15, 0.2) is 29.1 Å². The quantitative estimate of drug-likeness (QED) is 0.863. The van der Waals surface area contributed by atoms with Crippen molar-refractivity contribution >= 4 is 16.9 Å². The van der Waals surface area contributed by atoms with E-state index in [9.17, 15) is 9.59 Å². The van der Waals surface area contributed by atoms with Gasteiger partial charge in [-0.1, -0.05) is 19.1 Å². The van der Waals surface area contributed by atoms with Crippen LogP contribution in [-0.2, 0) is 11.3 Å². The highest BCUT2D eigenvalue weighted by Gasteiger charge is 2.26. The number of nitrogens with zero attached hydrogens (tertiary/aromatic N) is 2. The highest BCUT2D eigenvalue weighted by atomic mass is 16.2. The Hall–Kier alpha value is -2.08. The van der Waals surface area contributed by atoms with E-state index < -0.39 is 0 Å². The third-order valence-electron chi connectivity index (χ3n) is 4.23. The van der Waals surface area contributed by atoms with E-state index in [-0.39, 0.29) is 24.2 Å². The first-order valence-corrected chi connectivity index (χ1v) is 7.88. The second-order valence-electron chi connectivity index (χ2n) is 5.77. The van der Waals surface area contributed by atoms with Crippen LogP contribution in [0, 0.1) is 0 Å². The van der Waals surface area contributed by atoms with Gasteiger partial charge in [0.2, 0.25) is 5.91 Å². The summed E-state index contributed by atoms with van der Waals surface area (Å²) >= 11 is 0. The van der Waals surface area contributed by atoms with Crippen molar-refractivity contribution in [1.82, 2.24) is 19.8 Å². The van der Waals surface area contributed by atoms with Gasteiger partial charge in [-0.3, -0.25) is 9.36 Å². The van der Waals surface area contributed by atoms with Gasteiger partial charge in [0, 0.05) is 19.1 Å². The number of amides is 1. The van der Waals surface area contributed by atoms with Gasteiger partial charge < -0.3 is 15.2 Å². The van der Waals surface area contributed by atoms with Crippen LogP contribution in [0.25, 0.3) is 11.0 Å². The number of rotatable bonds is 5. The smallest absolute Gasteiger partial charge is 0.326 e. The molecule has 0 bridgehead atoms. The van der Waals surface area contributed by atoms with E-state index in [1.165, 1.54) is 4.57 Å². The van der Waals surface area contributed by atoms with Crippen molar-refractivity contribution in [3.63, 3.8) is 0 Å². The number of para-hydroxylation sites is 2. The SMILES string of the molecule is CCCN(C(=O)Cn1c(=O)[nH]c2ccccc21)C1CCNC1. The van der Waals surface area contributed by atoms with Gasteiger partial charge in [-0.2, -0.15) is 0 Å². The van der Waals surface area contributed by atoms with Gasteiger partial charge >= 0.3 is 5.69 Å². The molecule has 1 saturated heterocycles. The Balaban J connectivity index is 1.84. The second-order valence-corrected chi connectivity index (χ2v) is 5.77. The molecule has 2 N–H and O–H groups in total. The molecule has 0 spiro atoms. The molecule has 1 amide bonds. The fourth-order valence-corrected chi connectivity index (χ4v) is 3.15. The molecule has 118 valence electrons. The number of hydrogen-bond acceptors (Lipinski definition) is 3. The van der Waals surface area contributed by atoms with Crippen molar-refractivity contribution in [2.24, 2.45) is 0 Å². The van der Waals surface area contributed by atoms with E-state index in [0.29, 0.717) is 0 Å². The van der Waals surface area contributed by atoms with E-state index >= 15 is 0 Å². The van der Waals surface area contributed by atoms with Crippen LogP contribution in [-0.4, -0.2) is 46.0 Å². The average molecular weight is 302 g/mol. The topological polar surface area (TPSA) is 70.1 Å². The maximum atomic E-state index is 12.7. The van der Waals surface area contributed by atoms with Crippen LogP contribution < -0.4 is 11.0 Å². The molecule has 1 atom stereocenters. The lowest BCUT2D eigenvalue weighted by atomic mass is 10.2. The van der Waals surface area contributed by atoms with Gasteiger partial charge in [0.15, 0.2) is 0 Å². The van der Waals surface area contributed by atoms with Gasteiger partial charge in [-0.25, -0.2) is 4.79 Å². The van der Waals surface area contributed by atoms with Crippen LogP contribution in [0.5, 0.6) is 0 Å². The third-order valence-corrected chi connectivity index (χ3v) is 4.23. The van der Waals surface area contributed by atoms with Crippen LogP contribution in [0.1, 0.15) is 19.8 Å². The van der Waals surface area contributed by atoms with Crippen molar-refractivity contribution in [2.45, 2.75) is 32.4 Å². The minimum absolute atomic E-state index is 0.0161. The molecule has 1 unspecified atom stereocenters. The first-order valence-electron chi connectivity index (χ1n) is 7.88. The van der Waals surface area contributed by atoms with Gasteiger partial charge in [0.1, 0.15) is 6.54 Å². The van der Waals surface area contributed by atoms with Crippen molar-refractivity contribution in [1.29, 1.82) is 0 Å². The van der Waals surface area contributed by atoms with Crippen molar-refractivity contribution in [3.05, 3.63) is 34.7 Å². The Bertz CT molecular complexity index is 712. The summed E-state index contributed by atoms with van der Waals surface area (Å²) in [6.45, 7) is 4.70. The van der Waals surface area contributed by atoms with Crippen molar-refractivity contribution in [3.8, 4) is 0 Å². The first-order chi connectivity index (χ1) is 10.7. The van der Waals surface area contributed by atoms with Crippen molar-refractivity contribution < 1.29 is 4.79 Å². The maximum absolute atomic E-state index is 12.7. The predicted octanol–water partition coefficient (Wildman–Crippen LogP) is 0.930. The molecule has 1 aromatic carbocycles. The molecule has 0 saturated carbocycles. The van der Waals surface area contributed by atoms with Gasteiger partial charge in [0.25, 0.3) is 0 Å². The lowest BCUT2D eigenvalue weighted by Crippen LogP contribution is -2.44. The summed E-state index contributed by atoms with van der Waals surface area (Å²) in [6.07, 6.45) is 1.90. The molecule has 1 aromatic heterocycles. The Morgan fingerprint density at radius 2 is 2.23 bits per heavy atom. The zero-order valence-electron chi connectivity index (χ0n) is 12.8. The molecule has 2 aromatic rings. The zero-order chi connectivity index (χ0) is 15.5. The van der Waals surface area contributed by atoms with Gasteiger partial charge in [-0.15, -0.1) is 0 Å². The normalized spacial score (nSPS) is 18.0. The van der Waals surface area contributed by atoms with Crippen LogP contribution >= 0.6 is 0 Å². The van der Waals surface area contributed by atoms with E-state index in [1.54, 1.807) is 0 Å². The molecule has 1 aliphatic heterocycles. The molecule has 0 aliphatic carbocycles. The first kappa shape index (κ1) is 14.8. The summed E-state index contributed by atoms with van der Waals surface area (Å²) in [4.78, 5) is 29.5. The monoisotopic (exact) mass is 302 g/mol.